The lowest BCUT2D eigenvalue weighted by Gasteiger charge is -2.17. The van der Waals surface area contributed by atoms with E-state index in [2.05, 4.69) is 10.2 Å². The number of hydrogen-bond acceptors (Lipinski definition) is 3. The first-order valence-corrected chi connectivity index (χ1v) is 6.89. The largest absolute Gasteiger partial charge is 0.328 e. The Balaban J connectivity index is 1.80. The van der Waals surface area contributed by atoms with Crippen LogP contribution in [0.15, 0.2) is 24.3 Å². The first-order chi connectivity index (χ1) is 9.04. The third kappa shape index (κ3) is 4.04. The first kappa shape index (κ1) is 14.0. The lowest BCUT2D eigenvalue weighted by Crippen LogP contribution is -2.34. The van der Waals surface area contributed by atoms with Crippen LogP contribution in [0.1, 0.15) is 18.9 Å². The summed E-state index contributed by atoms with van der Waals surface area (Å²) in [4.78, 5) is 14.1. The molecule has 3 N–H and O–H groups in total. The minimum Gasteiger partial charge on any atom is -0.328 e. The lowest BCUT2D eigenvalue weighted by molar-refractivity contribution is -0.117. The van der Waals surface area contributed by atoms with Gasteiger partial charge in [-0.3, -0.25) is 9.69 Å². The SMILES string of the molecule is Cc1ccc(NC(=O)CN2CCC(C(C)N)C2)cc1. The number of likely N-dealkylation sites (tertiary alicyclic amines) is 1. The Morgan fingerprint density at radius 3 is 2.74 bits per heavy atom. The van der Waals surface area contributed by atoms with Crippen molar-refractivity contribution in [3.63, 3.8) is 0 Å². The molecule has 104 valence electrons. The zero-order valence-electron chi connectivity index (χ0n) is 11.7. The van der Waals surface area contributed by atoms with Crippen molar-refractivity contribution in [2.45, 2.75) is 26.3 Å². The number of amides is 1. The van der Waals surface area contributed by atoms with Gasteiger partial charge in [0, 0.05) is 18.3 Å². The van der Waals surface area contributed by atoms with Crippen LogP contribution in [0.4, 0.5) is 5.69 Å². The fraction of sp³-hybridized carbons (Fsp3) is 0.533. The van der Waals surface area contributed by atoms with Crippen molar-refractivity contribution in [2.75, 3.05) is 25.0 Å². The summed E-state index contributed by atoms with van der Waals surface area (Å²) in [6.07, 6.45) is 1.09. The molecule has 1 aliphatic rings. The van der Waals surface area contributed by atoms with E-state index in [0.717, 1.165) is 25.2 Å². The summed E-state index contributed by atoms with van der Waals surface area (Å²) in [5.41, 5.74) is 7.95. The Hall–Kier alpha value is -1.39. The van der Waals surface area contributed by atoms with Gasteiger partial charge in [-0.2, -0.15) is 0 Å². The van der Waals surface area contributed by atoms with Crippen molar-refractivity contribution < 1.29 is 4.79 Å². The number of nitrogens with one attached hydrogen (secondary N) is 1. The van der Waals surface area contributed by atoms with E-state index in [1.807, 2.05) is 38.1 Å². The van der Waals surface area contributed by atoms with Crippen LogP contribution < -0.4 is 11.1 Å². The molecule has 19 heavy (non-hydrogen) atoms. The molecule has 2 rings (SSSR count). The number of anilines is 1. The highest BCUT2D eigenvalue weighted by Crippen LogP contribution is 2.18. The number of aryl methyl sites for hydroxylation is 1. The summed E-state index contributed by atoms with van der Waals surface area (Å²) in [6.45, 7) is 6.42. The maximum atomic E-state index is 11.9. The monoisotopic (exact) mass is 261 g/mol. The molecule has 0 bridgehead atoms. The van der Waals surface area contributed by atoms with Crippen molar-refractivity contribution >= 4 is 11.6 Å². The van der Waals surface area contributed by atoms with Gasteiger partial charge in [-0.25, -0.2) is 0 Å². The molecule has 1 aromatic carbocycles. The molecule has 1 heterocycles. The van der Waals surface area contributed by atoms with Gasteiger partial charge in [-0.15, -0.1) is 0 Å². The van der Waals surface area contributed by atoms with Crippen LogP contribution >= 0.6 is 0 Å². The minimum absolute atomic E-state index is 0.0502. The maximum Gasteiger partial charge on any atom is 0.238 e. The molecule has 0 saturated carbocycles. The van der Waals surface area contributed by atoms with Gasteiger partial charge in [-0.05, 0) is 44.9 Å². The van der Waals surface area contributed by atoms with E-state index in [4.69, 9.17) is 5.73 Å². The molecule has 1 amide bonds. The topological polar surface area (TPSA) is 58.4 Å². The quantitative estimate of drug-likeness (QED) is 0.865. The second-order valence-corrected chi connectivity index (χ2v) is 5.56. The predicted molar refractivity (Wildman–Crippen MR) is 78.0 cm³/mol. The summed E-state index contributed by atoms with van der Waals surface area (Å²) >= 11 is 0. The number of nitrogens with zero attached hydrogens (tertiary/aromatic N) is 1. The summed E-state index contributed by atoms with van der Waals surface area (Å²) in [6, 6.07) is 8.07. The van der Waals surface area contributed by atoms with Crippen LogP contribution in [0.2, 0.25) is 0 Å². The standard InChI is InChI=1S/C15H23N3O/c1-11-3-5-14(6-4-11)17-15(19)10-18-8-7-13(9-18)12(2)16/h3-6,12-13H,7-10,16H2,1-2H3,(H,17,19). The number of rotatable bonds is 4. The molecule has 0 radical (unpaired) electrons. The summed E-state index contributed by atoms with van der Waals surface area (Å²) in [5.74, 6) is 0.571. The normalized spacial score (nSPS) is 21.3. The lowest BCUT2D eigenvalue weighted by atomic mass is 10.0. The van der Waals surface area contributed by atoms with Gasteiger partial charge in [-0.1, -0.05) is 17.7 Å². The van der Waals surface area contributed by atoms with E-state index < -0.39 is 0 Å². The molecule has 1 saturated heterocycles. The molecule has 4 heteroatoms. The van der Waals surface area contributed by atoms with Crippen LogP contribution in [0.25, 0.3) is 0 Å². The van der Waals surface area contributed by atoms with Gasteiger partial charge < -0.3 is 11.1 Å². The van der Waals surface area contributed by atoms with E-state index in [9.17, 15) is 4.79 Å². The Morgan fingerprint density at radius 1 is 1.47 bits per heavy atom. The predicted octanol–water partition coefficient (Wildman–Crippen LogP) is 1.60. The van der Waals surface area contributed by atoms with E-state index >= 15 is 0 Å². The van der Waals surface area contributed by atoms with Crippen LogP contribution in [-0.2, 0) is 4.79 Å². The van der Waals surface area contributed by atoms with Gasteiger partial charge in [0.2, 0.25) is 5.91 Å². The van der Waals surface area contributed by atoms with Crippen molar-refractivity contribution in [1.29, 1.82) is 0 Å². The highest BCUT2D eigenvalue weighted by Gasteiger charge is 2.26. The Labute approximate surface area is 115 Å². The first-order valence-electron chi connectivity index (χ1n) is 6.89. The number of hydrogen-bond donors (Lipinski definition) is 2. The molecule has 1 aliphatic heterocycles. The van der Waals surface area contributed by atoms with Gasteiger partial charge in [0.1, 0.15) is 0 Å². The van der Waals surface area contributed by atoms with Crippen LogP contribution in [0.5, 0.6) is 0 Å². The van der Waals surface area contributed by atoms with Crippen LogP contribution in [0.3, 0.4) is 0 Å². The van der Waals surface area contributed by atoms with Gasteiger partial charge in [0.05, 0.1) is 6.54 Å². The van der Waals surface area contributed by atoms with Crippen molar-refractivity contribution in [1.82, 2.24) is 4.90 Å². The van der Waals surface area contributed by atoms with E-state index in [0.29, 0.717) is 12.5 Å². The Morgan fingerprint density at radius 2 is 2.16 bits per heavy atom. The third-order valence-electron chi connectivity index (χ3n) is 3.75. The number of carbonyl (C=O) groups excluding carboxylic acids is 1. The van der Waals surface area contributed by atoms with Gasteiger partial charge in [0.15, 0.2) is 0 Å². The van der Waals surface area contributed by atoms with Crippen LogP contribution in [0, 0.1) is 12.8 Å². The average molecular weight is 261 g/mol. The van der Waals surface area contributed by atoms with Crippen molar-refractivity contribution in [3.05, 3.63) is 29.8 Å². The smallest absolute Gasteiger partial charge is 0.238 e. The molecular formula is C15H23N3O. The van der Waals surface area contributed by atoms with E-state index in [-0.39, 0.29) is 11.9 Å². The Kier molecular flexibility index (Phi) is 4.56. The zero-order valence-corrected chi connectivity index (χ0v) is 11.7. The Bertz CT molecular complexity index is 428. The molecule has 1 fully saturated rings. The molecular weight excluding hydrogens is 238 g/mol. The maximum absolute atomic E-state index is 11.9. The zero-order chi connectivity index (χ0) is 13.8. The number of nitrogens with two attached hydrogens (primary N) is 1. The number of benzene rings is 1. The van der Waals surface area contributed by atoms with Crippen LogP contribution in [-0.4, -0.2) is 36.5 Å². The van der Waals surface area contributed by atoms with Crippen molar-refractivity contribution in [3.8, 4) is 0 Å². The molecule has 2 atom stereocenters. The van der Waals surface area contributed by atoms with E-state index in [1.54, 1.807) is 0 Å². The fourth-order valence-corrected chi connectivity index (χ4v) is 2.48. The van der Waals surface area contributed by atoms with E-state index in [1.165, 1.54) is 5.56 Å². The molecule has 1 aromatic rings. The minimum atomic E-state index is 0.0502. The summed E-state index contributed by atoms with van der Waals surface area (Å²) in [7, 11) is 0. The van der Waals surface area contributed by atoms with Gasteiger partial charge >= 0.3 is 0 Å². The highest BCUT2D eigenvalue weighted by molar-refractivity contribution is 5.92. The highest BCUT2D eigenvalue weighted by atomic mass is 16.2. The molecule has 2 unspecified atom stereocenters. The fourth-order valence-electron chi connectivity index (χ4n) is 2.48. The number of carbonyl (C=O) groups is 1. The molecule has 4 nitrogen and oxygen atoms in total. The second kappa shape index (κ2) is 6.17. The summed E-state index contributed by atoms with van der Waals surface area (Å²) < 4.78 is 0. The van der Waals surface area contributed by atoms with Gasteiger partial charge in [0.25, 0.3) is 0 Å². The molecule has 0 spiro atoms. The third-order valence-corrected chi connectivity index (χ3v) is 3.75. The molecule has 0 aliphatic carbocycles. The average Bonchev–Trinajstić information content (AvgIpc) is 2.80. The molecule has 0 aromatic heterocycles. The second-order valence-electron chi connectivity index (χ2n) is 5.56. The summed E-state index contributed by atoms with van der Waals surface area (Å²) in [5, 5.41) is 2.93. The van der Waals surface area contributed by atoms with Crippen molar-refractivity contribution in [2.24, 2.45) is 11.7 Å².